The molecule has 0 bridgehead atoms. The summed E-state index contributed by atoms with van der Waals surface area (Å²) in [5.74, 6) is 0.695. The third kappa shape index (κ3) is 1.85. The summed E-state index contributed by atoms with van der Waals surface area (Å²) >= 11 is 0. The number of nitrogens with zero attached hydrogens (tertiary/aromatic N) is 1. The molecule has 1 heterocycles. The Morgan fingerprint density at radius 3 is 3.06 bits per heavy atom. The van der Waals surface area contributed by atoms with Crippen molar-refractivity contribution in [2.75, 3.05) is 13.7 Å². The van der Waals surface area contributed by atoms with Crippen LogP contribution in [0.5, 0.6) is 11.5 Å². The van der Waals surface area contributed by atoms with Crippen LogP contribution >= 0.6 is 0 Å². The van der Waals surface area contributed by atoms with Crippen LogP contribution in [0.15, 0.2) is 30.9 Å². The predicted molar refractivity (Wildman–Crippen MR) is 60.9 cm³/mol. The van der Waals surface area contributed by atoms with Crippen molar-refractivity contribution in [3.8, 4) is 11.5 Å². The lowest BCUT2D eigenvalue weighted by Gasteiger charge is -2.32. The van der Waals surface area contributed by atoms with Gasteiger partial charge < -0.3 is 14.6 Å². The maximum absolute atomic E-state index is 11.7. The summed E-state index contributed by atoms with van der Waals surface area (Å²) in [4.78, 5) is 12.8. The summed E-state index contributed by atoms with van der Waals surface area (Å²) in [5, 5.41) is 10.1. The van der Waals surface area contributed by atoms with E-state index in [2.05, 4.69) is 6.58 Å². The van der Waals surface area contributed by atoms with Gasteiger partial charge in [-0.2, -0.15) is 0 Å². The van der Waals surface area contributed by atoms with E-state index < -0.39 is 12.3 Å². The van der Waals surface area contributed by atoms with Crippen molar-refractivity contribution in [1.82, 2.24) is 4.90 Å². The molecule has 2 rings (SSSR count). The first-order valence-electron chi connectivity index (χ1n) is 5.13. The number of carbonyl (C=O) groups is 1. The molecule has 1 N–H and O–H groups in total. The number of benzene rings is 1. The van der Waals surface area contributed by atoms with Crippen molar-refractivity contribution >= 4 is 6.09 Å². The Labute approximate surface area is 98.9 Å². The SMILES string of the molecule is C=CCN1C(=O)Oc2c(OC)cccc2C1O. The van der Waals surface area contributed by atoms with E-state index in [1.165, 1.54) is 18.1 Å². The maximum Gasteiger partial charge on any atom is 0.418 e. The lowest BCUT2D eigenvalue weighted by atomic mass is 10.1. The largest absolute Gasteiger partial charge is 0.493 e. The van der Waals surface area contributed by atoms with Crippen LogP contribution in [0, 0.1) is 0 Å². The second kappa shape index (κ2) is 4.47. The molecule has 0 aliphatic carbocycles. The highest BCUT2D eigenvalue weighted by Crippen LogP contribution is 2.39. The van der Waals surface area contributed by atoms with E-state index in [1.807, 2.05) is 0 Å². The molecular formula is C12H13NO4. The summed E-state index contributed by atoms with van der Waals surface area (Å²) in [6.45, 7) is 3.75. The van der Waals surface area contributed by atoms with Crippen LogP contribution < -0.4 is 9.47 Å². The summed E-state index contributed by atoms with van der Waals surface area (Å²) in [6, 6.07) is 5.08. The number of hydrogen-bond acceptors (Lipinski definition) is 4. The average Bonchev–Trinajstić information content (AvgIpc) is 2.34. The van der Waals surface area contributed by atoms with Crippen LogP contribution in [0.1, 0.15) is 11.8 Å². The molecular weight excluding hydrogens is 222 g/mol. The molecule has 0 fully saturated rings. The molecule has 0 spiro atoms. The molecule has 1 amide bonds. The van der Waals surface area contributed by atoms with Crippen LogP contribution in [0.25, 0.3) is 0 Å². The fourth-order valence-electron chi connectivity index (χ4n) is 1.73. The van der Waals surface area contributed by atoms with Gasteiger partial charge in [0.1, 0.15) is 0 Å². The van der Waals surface area contributed by atoms with E-state index in [9.17, 15) is 9.90 Å². The van der Waals surface area contributed by atoms with Gasteiger partial charge in [-0.25, -0.2) is 4.79 Å². The smallest absolute Gasteiger partial charge is 0.418 e. The minimum Gasteiger partial charge on any atom is -0.493 e. The van der Waals surface area contributed by atoms with E-state index in [4.69, 9.17) is 9.47 Å². The molecule has 0 saturated heterocycles. The Bertz CT molecular complexity index is 458. The van der Waals surface area contributed by atoms with E-state index in [1.54, 1.807) is 18.2 Å². The molecule has 17 heavy (non-hydrogen) atoms. The first-order chi connectivity index (χ1) is 8.19. The van der Waals surface area contributed by atoms with Crippen molar-refractivity contribution in [3.05, 3.63) is 36.4 Å². The van der Waals surface area contributed by atoms with Gasteiger partial charge in [0.25, 0.3) is 0 Å². The van der Waals surface area contributed by atoms with Gasteiger partial charge in [-0.15, -0.1) is 6.58 Å². The molecule has 90 valence electrons. The number of carbonyl (C=O) groups excluding carboxylic acids is 1. The van der Waals surface area contributed by atoms with Gasteiger partial charge in [0, 0.05) is 12.1 Å². The Hall–Kier alpha value is -2.01. The molecule has 1 aromatic rings. The van der Waals surface area contributed by atoms with Crippen LogP contribution in [-0.2, 0) is 0 Å². The van der Waals surface area contributed by atoms with Gasteiger partial charge in [-0.05, 0) is 6.07 Å². The number of hydrogen-bond donors (Lipinski definition) is 1. The quantitative estimate of drug-likeness (QED) is 0.810. The van der Waals surface area contributed by atoms with Gasteiger partial charge >= 0.3 is 6.09 Å². The molecule has 0 radical (unpaired) electrons. The fourth-order valence-corrected chi connectivity index (χ4v) is 1.73. The highest BCUT2D eigenvalue weighted by molar-refractivity contribution is 5.75. The van der Waals surface area contributed by atoms with Crippen molar-refractivity contribution in [2.24, 2.45) is 0 Å². The normalized spacial score (nSPS) is 18.4. The predicted octanol–water partition coefficient (Wildman–Crippen LogP) is 1.69. The summed E-state index contributed by atoms with van der Waals surface area (Å²) in [7, 11) is 1.48. The monoisotopic (exact) mass is 235 g/mol. The molecule has 1 aromatic carbocycles. The standard InChI is InChI=1S/C12H13NO4/c1-3-7-13-11(14)8-5-4-6-9(16-2)10(8)17-12(13)15/h3-6,11,14H,1,7H2,2H3. The molecule has 1 aliphatic rings. The highest BCUT2D eigenvalue weighted by atomic mass is 16.6. The summed E-state index contributed by atoms with van der Waals surface area (Å²) < 4.78 is 10.2. The highest BCUT2D eigenvalue weighted by Gasteiger charge is 2.33. The van der Waals surface area contributed by atoms with Crippen LogP contribution in [-0.4, -0.2) is 29.8 Å². The number of methoxy groups -OCH3 is 1. The molecule has 1 unspecified atom stereocenters. The fraction of sp³-hybridized carbons (Fsp3) is 0.250. The molecule has 0 saturated carbocycles. The first-order valence-corrected chi connectivity index (χ1v) is 5.13. The average molecular weight is 235 g/mol. The van der Waals surface area contributed by atoms with Gasteiger partial charge in [-0.1, -0.05) is 18.2 Å². The van der Waals surface area contributed by atoms with Crippen molar-refractivity contribution < 1.29 is 19.4 Å². The molecule has 1 aliphatic heterocycles. The lowest BCUT2D eigenvalue weighted by molar-refractivity contribution is 0.00533. The second-order valence-corrected chi connectivity index (χ2v) is 3.56. The second-order valence-electron chi connectivity index (χ2n) is 3.56. The molecule has 5 heteroatoms. The minimum atomic E-state index is -1.04. The Balaban J connectivity index is 2.45. The Morgan fingerprint density at radius 2 is 2.41 bits per heavy atom. The van der Waals surface area contributed by atoms with Gasteiger partial charge in [0.05, 0.1) is 7.11 Å². The minimum absolute atomic E-state index is 0.219. The van der Waals surface area contributed by atoms with E-state index in [0.717, 1.165) is 0 Å². The molecule has 0 aromatic heterocycles. The number of rotatable bonds is 3. The van der Waals surface area contributed by atoms with E-state index in [-0.39, 0.29) is 12.3 Å². The van der Waals surface area contributed by atoms with Crippen molar-refractivity contribution in [2.45, 2.75) is 6.23 Å². The lowest BCUT2D eigenvalue weighted by Crippen LogP contribution is -2.40. The number of fused-ring (bicyclic) bond motifs is 1. The van der Waals surface area contributed by atoms with Crippen molar-refractivity contribution in [1.29, 1.82) is 0 Å². The number of aliphatic hydroxyl groups is 1. The topological polar surface area (TPSA) is 59.0 Å². The van der Waals surface area contributed by atoms with Crippen molar-refractivity contribution in [3.63, 3.8) is 0 Å². The number of para-hydroxylation sites is 1. The zero-order chi connectivity index (χ0) is 12.4. The van der Waals surface area contributed by atoms with Gasteiger partial charge in [-0.3, -0.25) is 4.90 Å². The van der Waals surface area contributed by atoms with Crippen LogP contribution in [0.3, 0.4) is 0 Å². The Morgan fingerprint density at radius 1 is 1.65 bits per heavy atom. The van der Waals surface area contributed by atoms with E-state index >= 15 is 0 Å². The van der Waals surface area contributed by atoms with Crippen LogP contribution in [0.2, 0.25) is 0 Å². The number of aliphatic hydroxyl groups excluding tert-OH is 1. The van der Waals surface area contributed by atoms with Gasteiger partial charge in [0.15, 0.2) is 17.7 Å². The zero-order valence-electron chi connectivity index (χ0n) is 9.42. The first kappa shape index (κ1) is 11.5. The summed E-state index contributed by atoms with van der Waals surface area (Å²) in [5.41, 5.74) is 0.505. The Kier molecular flexibility index (Phi) is 3.01. The third-order valence-electron chi connectivity index (χ3n) is 2.55. The van der Waals surface area contributed by atoms with E-state index in [0.29, 0.717) is 11.3 Å². The van der Waals surface area contributed by atoms with Crippen LogP contribution in [0.4, 0.5) is 4.79 Å². The summed E-state index contributed by atoms with van der Waals surface area (Å²) in [6.07, 6.45) is -0.135. The maximum atomic E-state index is 11.7. The number of ether oxygens (including phenoxy) is 2. The third-order valence-corrected chi connectivity index (χ3v) is 2.55. The molecule has 5 nitrogen and oxygen atoms in total. The molecule has 1 atom stereocenters. The number of amides is 1. The van der Waals surface area contributed by atoms with Gasteiger partial charge in [0.2, 0.25) is 0 Å². The zero-order valence-corrected chi connectivity index (χ0v) is 9.42.